The Hall–Kier alpha value is -1.89. The highest BCUT2D eigenvalue weighted by Gasteiger charge is 2.49. The van der Waals surface area contributed by atoms with E-state index in [1.807, 2.05) is 27.0 Å². The molecule has 0 aromatic carbocycles. The molecule has 0 saturated carbocycles. The molecule has 2 atom stereocenters. The van der Waals surface area contributed by atoms with Gasteiger partial charge in [-0.25, -0.2) is 0 Å². The molecule has 0 unspecified atom stereocenters. The molecule has 1 aliphatic heterocycles. The molecule has 1 aromatic heterocycles. The first-order valence-electron chi connectivity index (χ1n) is 8.92. The molecule has 1 amide bonds. The number of rotatable bonds is 7. The number of hydrogen-bond acceptors (Lipinski definition) is 4. The Bertz CT molecular complexity index is 613. The van der Waals surface area contributed by atoms with Crippen molar-refractivity contribution in [2.24, 2.45) is 18.4 Å². The summed E-state index contributed by atoms with van der Waals surface area (Å²) in [5.74, 6) is -0.729. The molecule has 140 valence electrons. The maximum Gasteiger partial charge on any atom is 0.314 e. The molecule has 2 N–H and O–H groups in total. The van der Waals surface area contributed by atoms with Crippen LogP contribution in [0.4, 0.5) is 0 Å². The standard InChI is InChI=1S/C18H29N3O4/c1-13(2)6-9-18(17(24)25)12-21(11-8-15(18)22)16(23)5-4-14-7-10-19-20(14)3/h7,10,13,15,22H,4-6,8-9,11-12H2,1-3H3,(H,24,25)/t15-,18-/m1/s1. The van der Waals surface area contributed by atoms with E-state index in [9.17, 15) is 19.8 Å². The molecule has 25 heavy (non-hydrogen) atoms. The molecule has 0 bridgehead atoms. The number of carbonyl (C=O) groups excluding carboxylic acids is 1. The summed E-state index contributed by atoms with van der Waals surface area (Å²) in [5, 5.41) is 24.3. The fourth-order valence-electron chi connectivity index (χ4n) is 3.44. The molecule has 1 aliphatic rings. The van der Waals surface area contributed by atoms with Gasteiger partial charge in [-0.1, -0.05) is 13.8 Å². The molecule has 7 nitrogen and oxygen atoms in total. The summed E-state index contributed by atoms with van der Waals surface area (Å²) in [7, 11) is 1.83. The lowest BCUT2D eigenvalue weighted by Crippen LogP contribution is -2.57. The molecular formula is C18H29N3O4. The van der Waals surface area contributed by atoms with Crippen LogP contribution in [0.25, 0.3) is 0 Å². The van der Waals surface area contributed by atoms with Gasteiger partial charge in [-0.3, -0.25) is 14.3 Å². The maximum absolute atomic E-state index is 12.6. The van der Waals surface area contributed by atoms with Crippen LogP contribution < -0.4 is 0 Å². The molecular weight excluding hydrogens is 322 g/mol. The first kappa shape index (κ1) is 19.4. The van der Waals surface area contributed by atoms with Gasteiger partial charge in [-0.2, -0.15) is 5.10 Å². The predicted octanol–water partition coefficient (Wildman–Crippen LogP) is 1.45. The summed E-state index contributed by atoms with van der Waals surface area (Å²) in [4.78, 5) is 26.1. The third-order valence-electron chi connectivity index (χ3n) is 5.25. The molecule has 7 heteroatoms. The van der Waals surface area contributed by atoms with Crippen LogP contribution in [0.15, 0.2) is 12.3 Å². The number of aromatic nitrogens is 2. The van der Waals surface area contributed by atoms with Gasteiger partial charge in [-0.05, 0) is 37.7 Å². The third kappa shape index (κ3) is 4.39. The average Bonchev–Trinajstić information content (AvgIpc) is 2.96. The van der Waals surface area contributed by atoms with Crippen LogP contribution in [0.3, 0.4) is 0 Å². The first-order valence-corrected chi connectivity index (χ1v) is 8.92. The van der Waals surface area contributed by atoms with E-state index in [4.69, 9.17) is 0 Å². The van der Waals surface area contributed by atoms with Gasteiger partial charge in [0.15, 0.2) is 0 Å². The minimum atomic E-state index is -1.26. The molecule has 1 fully saturated rings. The Morgan fingerprint density at radius 2 is 2.16 bits per heavy atom. The lowest BCUT2D eigenvalue weighted by atomic mass is 9.72. The smallest absolute Gasteiger partial charge is 0.314 e. The SMILES string of the molecule is CC(C)CC[C@@]1(C(=O)O)CN(C(=O)CCc2ccnn2C)CC[C@H]1O. The largest absolute Gasteiger partial charge is 0.481 e. The number of carboxylic acids is 1. The Kier molecular flexibility index (Phi) is 6.21. The Labute approximate surface area is 148 Å². The van der Waals surface area contributed by atoms with Gasteiger partial charge in [-0.15, -0.1) is 0 Å². The quantitative estimate of drug-likeness (QED) is 0.775. The fourth-order valence-corrected chi connectivity index (χ4v) is 3.44. The van der Waals surface area contributed by atoms with Crippen LogP contribution in [-0.4, -0.2) is 56.0 Å². The Balaban J connectivity index is 2.05. The monoisotopic (exact) mass is 351 g/mol. The van der Waals surface area contributed by atoms with Crippen LogP contribution in [0, 0.1) is 11.3 Å². The second-order valence-corrected chi connectivity index (χ2v) is 7.46. The van der Waals surface area contributed by atoms with Crippen molar-refractivity contribution in [3.8, 4) is 0 Å². The third-order valence-corrected chi connectivity index (χ3v) is 5.25. The summed E-state index contributed by atoms with van der Waals surface area (Å²) in [6, 6.07) is 1.87. The Morgan fingerprint density at radius 1 is 1.44 bits per heavy atom. The topological polar surface area (TPSA) is 95.7 Å². The molecule has 2 heterocycles. The van der Waals surface area contributed by atoms with Gasteiger partial charge in [0.25, 0.3) is 0 Å². The molecule has 0 aliphatic carbocycles. The number of aliphatic hydroxyl groups is 1. The summed E-state index contributed by atoms with van der Waals surface area (Å²) >= 11 is 0. The number of aliphatic carboxylic acids is 1. The fraction of sp³-hybridized carbons (Fsp3) is 0.722. The normalized spacial score (nSPS) is 23.9. The highest BCUT2D eigenvalue weighted by Crippen LogP contribution is 2.37. The highest BCUT2D eigenvalue weighted by molar-refractivity contribution is 5.80. The van der Waals surface area contributed by atoms with Gasteiger partial charge in [0.2, 0.25) is 5.91 Å². The van der Waals surface area contributed by atoms with Crippen molar-refractivity contribution in [1.29, 1.82) is 0 Å². The van der Waals surface area contributed by atoms with Crippen molar-refractivity contribution in [2.45, 2.75) is 52.1 Å². The summed E-state index contributed by atoms with van der Waals surface area (Å²) in [6.45, 7) is 4.55. The number of amides is 1. The zero-order valence-electron chi connectivity index (χ0n) is 15.3. The van der Waals surface area contributed by atoms with E-state index in [1.165, 1.54) is 0 Å². The van der Waals surface area contributed by atoms with E-state index >= 15 is 0 Å². The van der Waals surface area contributed by atoms with E-state index in [0.29, 0.717) is 44.6 Å². The molecule has 2 rings (SSSR count). The number of aryl methyl sites for hydroxylation is 2. The van der Waals surface area contributed by atoms with Gasteiger partial charge in [0, 0.05) is 38.4 Å². The van der Waals surface area contributed by atoms with E-state index in [0.717, 1.165) is 5.69 Å². The van der Waals surface area contributed by atoms with Crippen molar-refractivity contribution in [3.05, 3.63) is 18.0 Å². The van der Waals surface area contributed by atoms with Crippen molar-refractivity contribution in [3.63, 3.8) is 0 Å². The van der Waals surface area contributed by atoms with Gasteiger partial charge >= 0.3 is 5.97 Å². The van der Waals surface area contributed by atoms with Gasteiger partial charge in [0.1, 0.15) is 5.41 Å². The zero-order valence-corrected chi connectivity index (χ0v) is 15.3. The van der Waals surface area contributed by atoms with E-state index in [2.05, 4.69) is 5.10 Å². The van der Waals surface area contributed by atoms with E-state index in [1.54, 1.807) is 15.8 Å². The van der Waals surface area contributed by atoms with Crippen molar-refractivity contribution in [1.82, 2.24) is 14.7 Å². The number of likely N-dealkylation sites (tertiary alicyclic amines) is 1. The van der Waals surface area contributed by atoms with E-state index in [-0.39, 0.29) is 12.5 Å². The second-order valence-electron chi connectivity index (χ2n) is 7.46. The van der Waals surface area contributed by atoms with Crippen LogP contribution in [-0.2, 0) is 23.1 Å². The molecule has 1 aromatic rings. The number of aliphatic hydroxyl groups excluding tert-OH is 1. The number of piperidine rings is 1. The van der Waals surface area contributed by atoms with E-state index < -0.39 is 17.5 Å². The first-order chi connectivity index (χ1) is 11.8. The molecule has 0 radical (unpaired) electrons. The van der Waals surface area contributed by atoms with Crippen LogP contribution in [0.5, 0.6) is 0 Å². The predicted molar refractivity (Wildman–Crippen MR) is 92.9 cm³/mol. The zero-order chi connectivity index (χ0) is 18.6. The average molecular weight is 351 g/mol. The summed E-state index contributed by atoms with van der Waals surface area (Å²) < 4.78 is 1.73. The Morgan fingerprint density at radius 3 is 2.72 bits per heavy atom. The van der Waals surface area contributed by atoms with Crippen LogP contribution in [0.1, 0.15) is 45.2 Å². The minimum absolute atomic E-state index is 0.0664. The van der Waals surface area contributed by atoms with Crippen molar-refractivity contribution >= 4 is 11.9 Å². The molecule has 1 saturated heterocycles. The van der Waals surface area contributed by atoms with Gasteiger partial charge < -0.3 is 15.1 Å². The van der Waals surface area contributed by atoms with Crippen molar-refractivity contribution < 1.29 is 19.8 Å². The summed E-state index contributed by atoms with van der Waals surface area (Å²) in [5.41, 5.74) is -0.292. The lowest BCUT2D eigenvalue weighted by molar-refractivity contribution is -0.167. The minimum Gasteiger partial charge on any atom is -0.481 e. The number of carbonyl (C=O) groups is 2. The van der Waals surface area contributed by atoms with Crippen LogP contribution >= 0.6 is 0 Å². The number of carboxylic acid groups (broad SMARTS) is 1. The number of hydrogen-bond donors (Lipinski definition) is 2. The summed E-state index contributed by atoms with van der Waals surface area (Å²) in [6.07, 6.45) is 3.06. The lowest BCUT2D eigenvalue weighted by Gasteiger charge is -2.43. The van der Waals surface area contributed by atoms with Crippen LogP contribution in [0.2, 0.25) is 0 Å². The second kappa shape index (κ2) is 7.99. The van der Waals surface area contributed by atoms with Gasteiger partial charge in [0.05, 0.1) is 6.10 Å². The van der Waals surface area contributed by atoms with Crippen molar-refractivity contribution in [2.75, 3.05) is 13.1 Å². The highest BCUT2D eigenvalue weighted by atomic mass is 16.4. The maximum atomic E-state index is 12.6. The number of nitrogens with zero attached hydrogens (tertiary/aromatic N) is 3. The molecule has 0 spiro atoms.